The van der Waals surface area contributed by atoms with Crippen LogP contribution in [-0.2, 0) is 9.09 Å². The van der Waals surface area contributed by atoms with Gasteiger partial charge in [0.15, 0.2) is 8.03 Å². The highest BCUT2D eigenvalue weighted by atomic mass is 31.1. The Balaban J connectivity index is 2.21. The second kappa shape index (κ2) is 5.55. The minimum absolute atomic E-state index is 0.584. The Bertz CT molecular complexity index is 177. The molecular weight excluding hydrogens is 171 g/mol. The molecule has 0 bridgehead atoms. The van der Waals surface area contributed by atoms with Gasteiger partial charge in [-0.2, -0.15) is 0 Å². The van der Waals surface area contributed by atoms with E-state index in [9.17, 15) is 4.57 Å². The Morgan fingerprint density at radius 3 is 3.00 bits per heavy atom. The summed E-state index contributed by atoms with van der Waals surface area (Å²) in [7, 11) is -1.72. The quantitative estimate of drug-likeness (QED) is 0.501. The van der Waals surface area contributed by atoms with Crippen LogP contribution in [0.25, 0.3) is 0 Å². The molecule has 0 aromatic heterocycles. The van der Waals surface area contributed by atoms with Crippen molar-refractivity contribution in [2.75, 3.05) is 12.8 Å². The molecule has 0 saturated heterocycles. The van der Waals surface area contributed by atoms with Gasteiger partial charge in [0.25, 0.3) is 0 Å². The Morgan fingerprint density at radius 1 is 1.58 bits per heavy atom. The van der Waals surface area contributed by atoms with Crippen molar-refractivity contribution in [1.82, 2.24) is 0 Å². The van der Waals surface area contributed by atoms with Crippen LogP contribution in [0.3, 0.4) is 0 Å². The first-order chi connectivity index (χ1) is 5.83. The van der Waals surface area contributed by atoms with Crippen LogP contribution in [0.1, 0.15) is 26.2 Å². The van der Waals surface area contributed by atoms with Crippen molar-refractivity contribution in [3.8, 4) is 0 Å². The molecule has 2 atom stereocenters. The molecule has 1 aliphatic carbocycles. The van der Waals surface area contributed by atoms with Crippen LogP contribution in [0.2, 0.25) is 0 Å². The molecule has 70 valence electrons. The molecule has 0 amide bonds. The average molecular weight is 188 g/mol. The van der Waals surface area contributed by atoms with E-state index in [1.165, 1.54) is 6.42 Å². The van der Waals surface area contributed by atoms with E-state index in [1.54, 1.807) is 0 Å². The van der Waals surface area contributed by atoms with Gasteiger partial charge in [0.1, 0.15) is 0 Å². The maximum Gasteiger partial charge on any atom is 0.191 e. The molecule has 12 heavy (non-hydrogen) atoms. The summed E-state index contributed by atoms with van der Waals surface area (Å²) in [5.74, 6) is 0.605. The summed E-state index contributed by atoms with van der Waals surface area (Å²) < 4.78 is 16.3. The van der Waals surface area contributed by atoms with Gasteiger partial charge >= 0.3 is 0 Å². The highest BCUT2D eigenvalue weighted by Crippen LogP contribution is 2.30. The lowest BCUT2D eigenvalue weighted by atomic mass is 9.96. The van der Waals surface area contributed by atoms with Crippen LogP contribution in [0.5, 0.6) is 0 Å². The fourth-order valence-electron chi connectivity index (χ4n) is 1.50. The molecule has 0 N–H and O–H groups in total. The molecule has 0 aromatic rings. The van der Waals surface area contributed by atoms with Gasteiger partial charge in [-0.3, -0.25) is 4.57 Å². The fourth-order valence-corrected chi connectivity index (χ4v) is 2.78. The first kappa shape index (κ1) is 10.0. The molecule has 0 aromatic carbocycles. The summed E-state index contributed by atoms with van der Waals surface area (Å²) in [6, 6.07) is 0. The van der Waals surface area contributed by atoms with Gasteiger partial charge in [-0.05, 0) is 32.1 Å². The van der Waals surface area contributed by atoms with E-state index in [-0.39, 0.29) is 0 Å². The van der Waals surface area contributed by atoms with Crippen molar-refractivity contribution in [2.24, 2.45) is 5.92 Å². The first-order valence-corrected chi connectivity index (χ1v) is 6.16. The molecule has 3 heteroatoms. The average Bonchev–Trinajstić information content (AvgIpc) is 2.06. The zero-order chi connectivity index (χ0) is 8.81. The van der Waals surface area contributed by atoms with Gasteiger partial charge in [-0.25, -0.2) is 0 Å². The molecule has 0 saturated carbocycles. The predicted octanol–water partition coefficient (Wildman–Crippen LogP) is 2.85. The lowest BCUT2D eigenvalue weighted by Crippen LogP contribution is -2.05. The van der Waals surface area contributed by atoms with E-state index in [0.29, 0.717) is 12.5 Å². The Labute approximate surface area is 74.9 Å². The topological polar surface area (TPSA) is 26.3 Å². The van der Waals surface area contributed by atoms with E-state index < -0.39 is 8.03 Å². The summed E-state index contributed by atoms with van der Waals surface area (Å²) in [5.41, 5.74) is 0. The normalized spacial score (nSPS) is 25.6. The van der Waals surface area contributed by atoms with Crippen LogP contribution in [0.4, 0.5) is 0 Å². The SMILES string of the molecule is CCO[PH](=O)CC1CC=CCC1. The monoisotopic (exact) mass is 188 g/mol. The Hall–Kier alpha value is -0.0700. The third-order valence-electron chi connectivity index (χ3n) is 2.14. The molecule has 0 radical (unpaired) electrons. The van der Waals surface area contributed by atoms with Crippen molar-refractivity contribution < 1.29 is 9.09 Å². The fraction of sp³-hybridized carbons (Fsp3) is 0.778. The zero-order valence-corrected chi connectivity index (χ0v) is 8.58. The summed E-state index contributed by atoms with van der Waals surface area (Å²) in [6.07, 6.45) is 8.59. The summed E-state index contributed by atoms with van der Waals surface area (Å²) in [5, 5.41) is 0. The number of allylic oxidation sites excluding steroid dienone is 2. The highest BCUT2D eigenvalue weighted by molar-refractivity contribution is 7.39. The summed E-state index contributed by atoms with van der Waals surface area (Å²) in [4.78, 5) is 0. The van der Waals surface area contributed by atoms with Crippen LogP contribution in [0, 0.1) is 5.92 Å². The van der Waals surface area contributed by atoms with Crippen LogP contribution < -0.4 is 0 Å². The number of rotatable bonds is 4. The Morgan fingerprint density at radius 2 is 2.42 bits per heavy atom. The Kier molecular flexibility index (Phi) is 4.63. The maximum atomic E-state index is 11.3. The molecule has 0 spiro atoms. The third-order valence-corrected chi connectivity index (χ3v) is 3.66. The number of hydrogen-bond donors (Lipinski definition) is 0. The van der Waals surface area contributed by atoms with Crippen LogP contribution in [-0.4, -0.2) is 12.8 Å². The maximum absolute atomic E-state index is 11.3. The summed E-state index contributed by atoms with van der Waals surface area (Å²) in [6.45, 7) is 2.48. The lowest BCUT2D eigenvalue weighted by Gasteiger charge is -2.16. The standard InChI is InChI=1S/C9H17O2P/c1-2-11-12(10)8-9-6-4-3-5-7-9/h3-4,9,12H,2,5-8H2,1H3. The van der Waals surface area contributed by atoms with Crippen molar-refractivity contribution in [1.29, 1.82) is 0 Å². The van der Waals surface area contributed by atoms with Crippen molar-refractivity contribution in [3.05, 3.63) is 12.2 Å². The van der Waals surface area contributed by atoms with E-state index >= 15 is 0 Å². The lowest BCUT2D eigenvalue weighted by molar-refractivity contribution is 0.343. The smallest absolute Gasteiger partial charge is 0.191 e. The van der Waals surface area contributed by atoms with Gasteiger partial charge < -0.3 is 4.52 Å². The van der Waals surface area contributed by atoms with Crippen molar-refractivity contribution in [2.45, 2.75) is 26.2 Å². The third kappa shape index (κ3) is 3.55. The molecule has 0 heterocycles. The molecule has 1 aliphatic rings. The minimum Gasteiger partial charge on any atom is -0.331 e. The van der Waals surface area contributed by atoms with Gasteiger partial charge in [-0.1, -0.05) is 12.2 Å². The van der Waals surface area contributed by atoms with E-state index in [1.807, 2.05) is 6.92 Å². The summed E-state index contributed by atoms with van der Waals surface area (Å²) >= 11 is 0. The molecule has 2 nitrogen and oxygen atoms in total. The van der Waals surface area contributed by atoms with Gasteiger partial charge in [0, 0.05) is 6.16 Å². The predicted molar refractivity (Wildman–Crippen MR) is 52.0 cm³/mol. The van der Waals surface area contributed by atoms with Gasteiger partial charge in [0.05, 0.1) is 6.61 Å². The minimum atomic E-state index is -1.72. The zero-order valence-electron chi connectivity index (χ0n) is 7.58. The van der Waals surface area contributed by atoms with Crippen LogP contribution in [0.15, 0.2) is 12.2 Å². The van der Waals surface area contributed by atoms with Gasteiger partial charge in [-0.15, -0.1) is 0 Å². The molecule has 1 rings (SSSR count). The second-order valence-corrected chi connectivity index (χ2v) is 4.60. The largest absolute Gasteiger partial charge is 0.331 e. The van der Waals surface area contributed by atoms with Crippen molar-refractivity contribution >= 4 is 8.03 Å². The van der Waals surface area contributed by atoms with Crippen LogP contribution >= 0.6 is 8.03 Å². The van der Waals surface area contributed by atoms with Crippen molar-refractivity contribution in [3.63, 3.8) is 0 Å². The second-order valence-electron chi connectivity index (χ2n) is 3.16. The van der Waals surface area contributed by atoms with E-state index in [0.717, 1.165) is 19.0 Å². The van der Waals surface area contributed by atoms with E-state index in [4.69, 9.17) is 4.52 Å². The first-order valence-electron chi connectivity index (χ1n) is 4.63. The molecule has 2 unspecified atom stereocenters. The van der Waals surface area contributed by atoms with Gasteiger partial charge in [0.2, 0.25) is 0 Å². The molecular formula is C9H17O2P. The highest BCUT2D eigenvalue weighted by Gasteiger charge is 2.12. The molecule has 0 fully saturated rings. The van der Waals surface area contributed by atoms with E-state index in [2.05, 4.69) is 12.2 Å². The number of hydrogen-bond acceptors (Lipinski definition) is 2. The molecule has 0 aliphatic heterocycles.